The number of hydrogen-bond acceptors (Lipinski definition) is 5. The van der Waals surface area contributed by atoms with Crippen molar-refractivity contribution in [1.29, 1.82) is 0 Å². The van der Waals surface area contributed by atoms with Gasteiger partial charge in [-0.1, -0.05) is 0 Å². The molecule has 0 spiro atoms. The number of nitrogens with zero attached hydrogens (tertiary/aromatic N) is 1. The number of hydrogen-bond donors (Lipinski definition) is 1. The van der Waals surface area contributed by atoms with E-state index in [2.05, 4.69) is 17.3 Å². The summed E-state index contributed by atoms with van der Waals surface area (Å²) in [6.07, 6.45) is 3.09. The van der Waals surface area contributed by atoms with E-state index in [1.165, 1.54) is 0 Å². The van der Waals surface area contributed by atoms with E-state index < -0.39 is 9.84 Å². The van der Waals surface area contributed by atoms with Crippen molar-refractivity contribution in [2.45, 2.75) is 31.3 Å². The fourth-order valence-electron chi connectivity index (χ4n) is 2.72. The molecule has 1 unspecified atom stereocenters. The lowest BCUT2D eigenvalue weighted by Crippen LogP contribution is -2.47. The molecule has 0 aromatic rings. The first-order valence-electron chi connectivity index (χ1n) is 6.78. The van der Waals surface area contributed by atoms with Gasteiger partial charge in [-0.3, -0.25) is 0 Å². The summed E-state index contributed by atoms with van der Waals surface area (Å²) in [4.78, 5) is 2.35. The van der Waals surface area contributed by atoms with Gasteiger partial charge in [-0.05, 0) is 32.9 Å². The van der Waals surface area contributed by atoms with Crippen LogP contribution in [0.4, 0.5) is 0 Å². The van der Waals surface area contributed by atoms with Crippen LogP contribution in [0.15, 0.2) is 0 Å². The van der Waals surface area contributed by atoms with Crippen LogP contribution < -0.4 is 5.32 Å². The van der Waals surface area contributed by atoms with Crippen LogP contribution in [0, 0.1) is 0 Å². The predicted molar refractivity (Wildman–Crippen MR) is 71.5 cm³/mol. The van der Waals surface area contributed by atoms with Gasteiger partial charge in [0.2, 0.25) is 0 Å². The minimum atomic E-state index is -2.81. The van der Waals surface area contributed by atoms with E-state index in [0.717, 1.165) is 39.0 Å². The first-order chi connectivity index (χ1) is 8.57. The van der Waals surface area contributed by atoms with Crippen molar-refractivity contribution in [3.8, 4) is 0 Å². The van der Waals surface area contributed by atoms with Crippen molar-refractivity contribution in [1.82, 2.24) is 10.2 Å². The van der Waals surface area contributed by atoms with E-state index in [1.54, 1.807) is 0 Å². The third-order valence-electron chi connectivity index (χ3n) is 3.95. The average Bonchev–Trinajstić information content (AvgIpc) is 2.36. The zero-order chi connectivity index (χ0) is 13.0. The van der Waals surface area contributed by atoms with Gasteiger partial charge < -0.3 is 15.0 Å². The molecule has 0 radical (unpaired) electrons. The quantitative estimate of drug-likeness (QED) is 0.775. The van der Waals surface area contributed by atoms with E-state index in [4.69, 9.17) is 4.74 Å². The number of ether oxygens (including phenoxy) is 1. The molecule has 1 atom stereocenters. The van der Waals surface area contributed by atoms with Crippen LogP contribution >= 0.6 is 0 Å². The molecule has 2 aliphatic heterocycles. The summed E-state index contributed by atoms with van der Waals surface area (Å²) in [5.41, 5.74) is 0. The fourth-order valence-corrected chi connectivity index (χ4v) is 4.21. The topological polar surface area (TPSA) is 58.6 Å². The molecule has 0 aromatic heterocycles. The maximum absolute atomic E-state index is 11.5. The number of nitrogens with one attached hydrogen (secondary N) is 1. The second-order valence-electron chi connectivity index (χ2n) is 5.38. The smallest absolute Gasteiger partial charge is 0.153 e. The fraction of sp³-hybridized carbons (Fsp3) is 1.00. The monoisotopic (exact) mass is 276 g/mol. The predicted octanol–water partition coefficient (Wildman–Crippen LogP) is -0.126. The molecule has 0 amide bonds. The van der Waals surface area contributed by atoms with Gasteiger partial charge in [0, 0.05) is 31.8 Å². The number of rotatable bonds is 4. The third-order valence-corrected chi connectivity index (χ3v) is 5.68. The van der Waals surface area contributed by atoms with E-state index in [-0.39, 0.29) is 6.04 Å². The summed E-state index contributed by atoms with van der Waals surface area (Å²) in [6.45, 7) is 3.27. The summed E-state index contributed by atoms with van der Waals surface area (Å²) in [5, 5.41) is 3.30. The van der Waals surface area contributed by atoms with Crippen molar-refractivity contribution in [3.63, 3.8) is 0 Å². The van der Waals surface area contributed by atoms with Crippen LogP contribution in [-0.4, -0.2) is 70.3 Å². The minimum Gasteiger partial charge on any atom is -0.381 e. The van der Waals surface area contributed by atoms with E-state index >= 15 is 0 Å². The lowest BCUT2D eigenvalue weighted by atomic mass is 10.1. The molecule has 0 bridgehead atoms. The van der Waals surface area contributed by atoms with Crippen LogP contribution in [0.25, 0.3) is 0 Å². The zero-order valence-electron chi connectivity index (χ0n) is 11.1. The summed E-state index contributed by atoms with van der Waals surface area (Å²) in [7, 11) is -0.673. The lowest BCUT2D eigenvalue weighted by Gasteiger charge is -2.33. The summed E-state index contributed by atoms with van der Waals surface area (Å²) in [5.74, 6) is 0.591. The summed E-state index contributed by atoms with van der Waals surface area (Å²) >= 11 is 0. The molecule has 1 N–H and O–H groups in total. The minimum absolute atomic E-state index is 0.131. The van der Waals surface area contributed by atoms with Gasteiger partial charge in [0.05, 0.1) is 11.5 Å². The Hall–Kier alpha value is -0.170. The van der Waals surface area contributed by atoms with Gasteiger partial charge in [0.25, 0.3) is 0 Å². The van der Waals surface area contributed by atoms with E-state index in [9.17, 15) is 8.42 Å². The van der Waals surface area contributed by atoms with Gasteiger partial charge in [-0.25, -0.2) is 8.42 Å². The van der Waals surface area contributed by atoms with Gasteiger partial charge in [0.15, 0.2) is 9.84 Å². The average molecular weight is 276 g/mol. The Morgan fingerprint density at radius 2 is 2.06 bits per heavy atom. The molecule has 5 nitrogen and oxygen atoms in total. The van der Waals surface area contributed by atoms with Crippen LogP contribution in [0.3, 0.4) is 0 Å². The highest BCUT2D eigenvalue weighted by molar-refractivity contribution is 7.91. The van der Waals surface area contributed by atoms with Crippen LogP contribution in [0.5, 0.6) is 0 Å². The molecule has 2 heterocycles. The van der Waals surface area contributed by atoms with Crippen molar-refractivity contribution < 1.29 is 13.2 Å². The Morgan fingerprint density at radius 1 is 1.33 bits per heavy atom. The lowest BCUT2D eigenvalue weighted by molar-refractivity contribution is 0.0421. The highest BCUT2D eigenvalue weighted by Gasteiger charge is 2.25. The maximum Gasteiger partial charge on any atom is 0.153 e. The molecule has 2 rings (SSSR count). The molecule has 6 heteroatoms. The van der Waals surface area contributed by atoms with Crippen molar-refractivity contribution >= 4 is 9.84 Å². The molecule has 0 aromatic carbocycles. The summed E-state index contributed by atoms with van der Waals surface area (Å²) < 4.78 is 28.4. The molecule has 2 aliphatic rings. The van der Waals surface area contributed by atoms with E-state index in [1.807, 2.05) is 0 Å². The molecular weight excluding hydrogens is 252 g/mol. The number of sulfone groups is 1. The van der Waals surface area contributed by atoms with Crippen molar-refractivity contribution in [2.24, 2.45) is 0 Å². The third kappa shape index (κ3) is 4.19. The highest BCUT2D eigenvalue weighted by atomic mass is 32.2. The molecule has 106 valence electrons. The van der Waals surface area contributed by atoms with Crippen LogP contribution in [0.2, 0.25) is 0 Å². The molecule has 0 aliphatic carbocycles. The summed E-state index contributed by atoms with van der Waals surface area (Å²) in [6, 6.07) is 0.727. The van der Waals surface area contributed by atoms with Crippen LogP contribution in [0.1, 0.15) is 19.3 Å². The normalized spacial score (nSPS) is 29.6. The molecular formula is C12H24N2O3S. The Bertz CT molecular complexity index is 352. The Balaban J connectivity index is 1.73. The highest BCUT2D eigenvalue weighted by Crippen LogP contribution is 2.14. The van der Waals surface area contributed by atoms with Crippen molar-refractivity contribution in [2.75, 3.05) is 44.9 Å². The van der Waals surface area contributed by atoms with E-state index in [0.29, 0.717) is 24.1 Å². The van der Waals surface area contributed by atoms with Gasteiger partial charge in [-0.15, -0.1) is 0 Å². The van der Waals surface area contributed by atoms with Gasteiger partial charge in [-0.2, -0.15) is 0 Å². The first-order valence-corrected chi connectivity index (χ1v) is 8.61. The maximum atomic E-state index is 11.5. The second-order valence-corrected chi connectivity index (χ2v) is 7.61. The Kier molecular flexibility index (Phi) is 5.00. The van der Waals surface area contributed by atoms with Crippen LogP contribution in [-0.2, 0) is 14.6 Å². The first kappa shape index (κ1) is 14.2. The molecule has 2 saturated heterocycles. The largest absolute Gasteiger partial charge is 0.381 e. The SMILES string of the molecule is CN(CCC1CS(=O)(=O)CCN1)C1CCOCC1. The standard InChI is InChI=1S/C12H24N2O3S/c1-14(12-3-7-17-8-4-12)6-2-11-10-18(15,16)9-5-13-11/h11-13H,2-10H2,1H3. The van der Waals surface area contributed by atoms with Gasteiger partial charge in [0.1, 0.15) is 0 Å². The molecule has 0 saturated carbocycles. The second kappa shape index (κ2) is 6.32. The zero-order valence-corrected chi connectivity index (χ0v) is 11.9. The molecule has 2 fully saturated rings. The van der Waals surface area contributed by atoms with Crippen molar-refractivity contribution in [3.05, 3.63) is 0 Å². The Morgan fingerprint density at radius 3 is 2.72 bits per heavy atom. The van der Waals surface area contributed by atoms with Gasteiger partial charge >= 0.3 is 0 Å². The molecule has 18 heavy (non-hydrogen) atoms. The Labute approximate surface area is 110 Å².